The van der Waals surface area contributed by atoms with Gasteiger partial charge in [0.25, 0.3) is 0 Å². The molecule has 0 radical (unpaired) electrons. The highest BCUT2D eigenvalue weighted by Crippen LogP contribution is 2.36. The van der Waals surface area contributed by atoms with E-state index in [1.165, 1.54) is 13.3 Å². The normalized spacial score (nSPS) is 10.7. The lowest BCUT2D eigenvalue weighted by atomic mass is 10.1. The quantitative estimate of drug-likeness (QED) is 0.407. The van der Waals surface area contributed by atoms with Crippen LogP contribution in [0.25, 0.3) is 0 Å². The third kappa shape index (κ3) is 5.96. The lowest BCUT2D eigenvalue weighted by molar-refractivity contribution is -0.136. The molecular weight excluding hydrogens is 394 g/mol. The smallest absolute Gasteiger partial charge is 0.329 e. The summed E-state index contributed by atoms with van der Waals surface area (Å²) in [6.45, 7) is 6.20. The molecule has 2 amide bonds. The molecule has 29 heavy (non-hydrogen) atoms. The number of aryl methyl sites for hydroxylation is 2. The molecule has 0 atom stereocenters. The second-order valence-electron chi connectivity index (χ2n) is 6.30. The Balaban J connectivity index is 2.04. The molecule has 0 saturated heterocycles. The van der Waals surface area contributed by atoms with Gasteiger partial charge in [-0.3, -0.25) is 9.59 Å². The fourth-order valence-corrected chi connectivity index (χ4v) is 2.83. The molecule has 0 aliphatic heterocycles. The predicted octanol–water partition coefficient (Wildman–Crippen LogP) is 3.84. The van der Waals surface area contributed by atoms with Gasteiger partial charge in [-0.1, -0.05) is 36.7 Å². The number of methoxy groups -OCH3 is 1. The molecule has 154 valence electrons. The monoisotopic (exact) mass is 417 g/mol. The van der Waals surface area contributed by atoms with Crippen LogP contribution in [0.3, 0.4) is 0 Å². The van der Waals surface area contributed by atoms with Gasteiger partial charge in [-0.15, -0.1) is 0 Å². The number of carbonyl (C=O) groups excluding carboxylic acids is 2. The highest BCUT2D eigenvalue weighted by molar-refractivity contribution is 6.39. The van der Waals surface area contributed by atoms with Crippen molar-refractivity contribution >= 4 is 35.3 Å². The van der Waals surface area contributed by atoms with Crippen LogP contribution >= 0.6 is 11.6 Å². The Morgan fingerprint density at radius 1 is 1.17 bits per heavy atom. The van der Waals surface area contributed by atoms with Gasteiger partial charge < -0.3 is 14.8 Å². The fraction of sp³-hybridized carbons (Fsp3) is 0.286. The number of benzene rings is 2. The number of hydrogen-bond donors (Lipinski definition) is 2. The highest BCUT2D eigenvalue weighted by Gasteiger charge is 2.15. The maximum Gasteiger partial charge on any atom is 0.329 e. The van der Waals surface area contributed by atoms with Crippen molar-refractivity contribution in [1.29, 1.82) is 0 Å². The SMILES string of the molecule is CCCOc1c(Cl)cc(/C=N\NC(=O)C(=O)Nc2c(C)cccc2C)cc1OC. The molecule has 0 bridgehead atoms. The summed E-state index contributed by atoms with van der Waals surface area (Å²) in [5.41, 5.74) is 5.11. The second kappa shape index (κ2) is 10.5. The summed E-state index contributed by atoms with van der Waals surface area (Å²) in [5, 5.41) is 6.78. The van der Waals surface area contributed by atoms with Crippen molar-refractivity contribution in [2.75, 3.05) is 19.0 Å². The van der Waals surface area contributed by atoms with Gasteiger partial charge in [-0.25, -0.2) is 5.43 Å². The zero-order chi connectivity index (χ0) is 21.4. The van der Waals surface area contributed by atoms with E-state index >= 15 is 0 Å². The molecule has 0 heterocycles. The number of anilines is 1. The fourth-order valence-electron chi connectivity index (χ4n) is 2.56. The molecule has 0 spiro atoms. The van der Waals surface area contributed by atoms with E-state index in [-0.39, 0.29) is 0 Å². The number of para-hydroxylation sites is 1. The molecule has 0 fully saturated rings. The standard InChI is InChI=1S/C21H24ClN3O4/c1-5-9-29-19-16(22)10-15(11-17(19)28-4)12-23-25-21(27)20(26)24-18-13(2)7-6-8-14(18)3/h6-8,10-12H,5,9H2,1-4H3,(H,24,26)(H,25,27)/b23-12-. The first-order valence-electron chi connectivity index (χ1n) is 9.08. The highest BCUT2D eigenvalue weighted by atomic mass is 35.5. The summed E-state index contributed by atoms with van der Waals surface area (Å²) in [4.78, 5) is 24.1. The maximum absolute atomic E-state index is 12.1. The van der Waals surface area contributed by atoms with Gasteiger partial charge in [0.2, 0.25) is 0 Å². The van der Waals surface area contributed by atoms with Crippen LogP contribution in [-0.4, -0.2) is 31.7 Å². The van der Waals surface area contributed by atoms with Gasteiger partial charge in [-0.05, 0) is 49.1 Å². The largest absolute Gasteiger partial charge is 0.493 e. The summed E-state index contributed by atoms with van der Waals surface area (Å²) < 4.78 is 10.9. The van der Waals surface area contributed by atoms with Crippen LogP contribution in [-0.2, 0) is 9.59 Å². The van der Waals surface area contributed by atoms with Crippen molar-refractivity contribution in [3.05, 3.63) is 52.0 Å². The lowest BCUT2D eigenvalue weighted by Gasteiger charge is -2.12. The Bertz CT molecular complexity index is 908. The van der Waals surface area contributed by atoms with Gasteiger partial charge in [0.05, 0.1) is 25.0 Å². The summed E-state index contributed by atoms with van der Waals surface area (Å²) in [7, 11) is 1.51. The number of halogens is 1. The Labute approximate surface area is 175 Å². The van der Waals surface area contributed by atoms with Crippen LogP contribution < -0.4 is 20.2 Å². The molecule has 2 aromatic carbocycles. The van der Waals surface area contributed by atoms with Crippen molar-refractivity contribution < 1.29 is 19.1 Å². The molecule has 0 unspecified atom stereocenters. The van der Waals surface area contributed by atoms with Gasteiger partial charge in [0.15, 0.2) is 11.5 Å². The topological polar surface area (TPSA) is 89.0 Å². The van der Waals surface area contributed by atoms with E-state index < -0.39 is 11.8 Å². The number of nitrogens with zero attached hydrogens (tertiary/aromatic N) is 1. The van der Waals surface area contributed by atoms with Crippen LogP contribution in [0.15, 0.2) is 35.4 Å². The summed E-state index contributed by atoms with van der Waals surface area (Å²) in [6.07, 6.45) is 2.20. The molecule has 0 aromatic heterocycles. The van der Waals surface area contributed by atoms with Gasteiger partial charge in [0.1, 0.15) is 0 Å². The molecule has 0 aliphatic rings. The number of hydrazone groups is 1. The van der Waals surface area contributed by atoms with E-state index in [1.807, 2.05) is 39.0 Å². The number of ether oxygens (including phenoxy) is 2. The Kier molecular flexibility index (Phi) is 8.03. The van der Waals surface area contributed by atoms with Crippen LogP contribution in [0, 0.1) is 13.8 Å². The van der Waals surface area contributed by atoms with Crippen molar-refractivity contribution in [3.8, 4) is 11.5 Å². The molecule has 8 heteroatoms. The Morgan fingerprint density at radius 3 is 2.48 bits per heavy atom. The molecule has 2 rings (SSSR count). The lowest BCUT2D eigenvalue weighted by Crippen LogP contribution is -2.32. The number of carbonyl (C=O) groups is 2. The summed E-state index contributed by atoms with van der Waals surface area (Å²) in [6, 6.07) is 8.88. The third-order valence-electron chi connectivity index (χ3n) is 4.01. The van der Waals surface area contributed by atoms with Crippen LogP contribution in [0.5, 0.6) is 11.5 Å². The first-order chi connectivity index (χ1) is 13.9. The summed E-state index contributed by atoms with van der Waals surface area (Å²) in [5.74, 6) is -0.792. The Hall–Kier alpha value is -3.06. The van der Waals surface area contributed by atoms with E-state index in [0.717, 1.165) is 17.5 Å². The predicted molar refractivity (Wildman–Crippen MR) is 114 cm³/mol. The minimum Gasteiger partial charge on any atom is -0.493 e. The number of rotatable bonds is 7. The zero-order valence-electron chi connectivity index (χ0n) is 16.8. The van der Waals surface area contributed by atoms with Gasteiger partial charge in [-0.2, -0.15) is 5.10 Å². The first-order valence-corrected chi connectivity index (χ1v) is 9.46. The van der Waals surface area contributed by atoms with Crippen molar-refractivity contribution in [3.63, 3.8) is 0 Å². The molecule has 2 aromatic rings. The van der Waals surface area contributed by atoms with E-state index in [2.05, 4.69) is 15.8 Å². The van der Waals surface area contributed by atoms with E-state index in [4.69, 9.17) is 21.1 Å². The van der Waals surface area contributed by atoms with Crippen molar-refractivity contribution in [2.24, 2.45) is 5.10 Å². The van der Waals surface area contributed by atoms with Crippen LogP contribution in [0.4, 0.5) is 5.69 Å². The van der Waals surface area contributed by atoms with E-state index in [9.17, 15) is 9.59 Å². The van der Waals surface area contributed by atoms with E-state index in [1.54, 1.807) is 12.1 Å². The van der Waals surface area contributed by atoms with E-state index in [0.29, 0.717) is 34.4 Å². The number of amides is 2. The molecule has 0 saturated carbocycles. The van der Waals surface area contributed by atoms with Crippen LogP contribution in [0.1, 0.15) is 30.0 Å². The minimum absolute atomic E-state index is 0.360. The molecule has 0 aliphatic carbocycles. The number of nitrogens with one attached hydrogen (secondary N) is 2. The molecule has 7 nitrogen and oxygen atoms in total. The van der Waals surface area contributed by atoms with Crippen molar-refractivity contribution in [2.45, 2.75) is 27.2 Å². The Morgan fingerprint density at radius 2 is 1.86 bits per heavy atom. The zero-order valence-corrected chi connectivity index (χ0v) is 17.6. The van der Waals surface area contributed by atoms with Gasteiger partial charge >= 0.3 is 11.8 Å². The second-order valence-corrected chi connectivity index (χ2v) is 6.71. The minimum atomic E-state index is -0.884. The van der Waals surface area contributed by atoms with Crippen LogP contribution in [0.2, 0.25) is 5.02 Å². The molecule has 2 N–H and O–H groups in total. The maximum atomic E-state index is 12.1. The van der Waals surface area contributed by atoms with Crippen molar-refractivity contribution in [1.82, 2.24) is 5.43 Å². The third-order valence-corrected chi connectivity index (χ3v) is 4.29. The summed E-state index contributed by atoms with van der Waals surface area (Å²) >= 11 is 6.24. The first kappa shape index (κ1) is 22.2. The van der Waals surface area contributed by atoms with Gasteiger partial charge in [0, 0.05) is 5.69 Å². The molecular formula is C21H24ClN3O4. The average Bonchev–Trinajstić information content (AvgIpc) is 2.69. The average molecular weight is 418 g/mol. The number of hydrogen-bond acceptors (Lipinski definition) is 5.